The number of likely N-dealkylation sites (N-methyl/N-ethyl adjacent to an activating group) is 1. The highest BCUT2D eigenvalue weighted by Crippen LogP contribution is 2.12. The minimum atomic E-state index is -0.886. The van der Waals surface area contributed by atoms with Crippen LogP contribution in [0, 0.1) is 0 Å². The van der Waals surface area contributed by atoms with Gasteiger partial charge in [-0.25, -0.2) is 4.79 Å². The lowest BCUT2D eigenvalue weighted by Crippen LogP contribution is -2.50. The van der Waals surface area contributed by atoms with Crippen LogP contribution < -0.4 is 0 Å². The van der Waals surface area contributed by atoms with Gasteiger partial charge in [-0.05, 0) is 70.6 Å². The Bertz CT molecular complexity index is 1010. The van der Waals surface area contributed by atoms with Gasteiger partial charge in [0.2, 0.25) is 0 Å². The minimum Gasteiger partial charge on any atom is -0.477 e. The first-order chi connectivity index (χ1) is 24.1. The highest BCUT2D eigenvalue weighted by atomic mass is 16.6. The second kappa shape index (κ2) is 33.2. The molecule has 0 aliphatic carbocycles. The van der Waals surface area contributed by atoms with E-state index in [0.29, 0.717) is 19.3 Å². The van der Waals surface area contributed by atoms with Gasteiger partial charge in [0, 0.05) is 19.3 Å². The lowest BCUT2D eigenvalue weighted by Gasteiger charge is -2.31. The molecule has 0 saturated heterocycles. The third kappa shape index (κ3) is 31.0. The standard InChI is InChI=1S/C42H71NO7/c1-6-8-10-12-14-16-18-20-21-23-24-26-28-30-32-40(44)49-37-38(36-48-35-34-39(42(46)47)43(3,4)5)50-41(45)33-31-29-27-25-22-19-17-15-13-11-9-7-2/h8-11,14-17,22,25,38-39H,6-7,12-13,18-21,23-24,26-37H2,1-5H3/p+1/b10-8+,11-9+,16-14+,17-15+,25-22+. The molecule has 0 aromatic rings. The Morgan fingerprint density at radius 3 is 1.60 bits per heavy atom. The van der Waals surface area contributed by atoms with Gasteiger partial charge >= 0.3 is 17.9 Å². The summed E-state index contributed by atoms with van der Waals surface area (Å²) in [6, 6.07) is -0.623. The molecule has 8 nitrogen and oxygen atoms in total. The summed E-state index contributed by atoms with van der Waals surface area (Å²) in [7, 11) is 5.49. The molecule has 50 heavy (non-hydrogen) atoms. The smallest absolute Gasteiger partial charge is 0.362 e. The maximum atomic E-state index is 12.6. The molecule has 8 heteroatoms. The van der Waals surface area contributed by atoms with Crippen LogP contribution in [0.4, 0.5) is 0 Å². The fraction of sp³-hybridized carbons (Fsp3) is 0.690. The molecule has 0 aromatic heterocycles. The fourth-order valence-electron chi connectivity index (χ4n) is 5.20. The number of ether oxygens (including phenoxy) is 3. The van der Waals surface area contributed by atoms with Crippen LogP contribution in [0.5, 0.6) is 0 Å². The van der Waals surface area contributed by atoms with Gasteiger partial charge in [0.05, 0.1) is 34.4 Å². The van der Waals surface area contributed by atoms with Gasteiger partial charge in [-0.2, -0.15) is 0 Å². The number of nitrogens with zero attached hydrogens (tertiary/aromatic N) is 1. The number of allylic oxidation sites excluding steroid dienone is 10. The van der Waals surface area contributed by atoms with Crippen molar-refractivity contribution in [2.75, 3.05) is 41.0 Å². The van der Waals surface area contributed by atoms with Crippen molar-refractivity contribution in [2.45, 2.75) is 148 Å². The molecule has 2 unspecified atom stereocenters. The molecule has 0 amide bonds. The van der Waals surface area contributed by atoms with Crippen molar-refractivity contribution in [3.63, 3.8) is 0 Å². The maximum Gasteiger partial charge on any atom is 0.362 e. The first-order valence-electron chi connectivity index (χ1n) is 19.3. The number of carboxylic acid groups (broad SMARTS) is 1. The molecular formula is C42H72NO7+. The number of quaternary nitrogens is 1. The zero-order valence-corrected chi connectivity index (χ0v) is 32.3. The van der Waals surface area contributed by atoms with Crippen molar-refractivity contribution >= 4 is 17.9 Å². The molecule has 2 atom stereocenters. The van der Waals surface area contributed by atoms with Crippen LogP contribution >= 0.6 is 0 Å². The van der Waals surface area contributed by atoms with E-state index < -0.39 is 18.1 Å². The van der Waals surface area contributed by atoms with Crippen molar-refractivity contribution in [1.29, 1.82) is 0 Å². The summed E-state index contributed by atoms with van der Waals surface area (Å²) in [4.78, 5) is 36.8. The van der Waals surface area contributed by atoms with E-state index in [0.717, 1.165) is 70.6 Å². The van der Waals surface area contributed by atoms with Crippen LogP contribution in [0.1, 0.15) is 136 Å². The molecule has 0 fully saturated rings. The number of unbranched alkanes of at least 4 members (excludes halogenated alkanes) is 9. The Morgan fingerprint density at radius 2 is 1.06 bits per heavy atom. The Balaban J connectivity index is 4.48. The molecule has 0 saturated carbocycles. The minimum absolute atomic E-state index is 0.0404. The van der Waals surface area contributed by atoms with E-state index in [-0.39, 0.29) is 42.7 Å². The van der Waals surface area contributed by atoms with Gasteiger partial charge in [-0.3, -0.25) is 9.59 Å². The number of rotatable bonds is 33. The molecule has 0 spiro atoms. The number of aliphatic carboxylic acids is 1. The van der Waals surface area contributed by atoms with Crippen LogP contribution in [0.3, 0.4) is 0 Å². The van der Waals surface area contributed by atoms with E-state index in [4.69, 9.17) is 14.2 Å². The number of hydrogen-bond acceptors (Lipinski definition) is 6. The summed E-state index contributed by atoms with van der Waals surface area (Å²) in [5.41, 5.74) is 0. The summed E-state index contributed by atoms with van der Waals surface area (Å²) in [6.45, 7) is 4.43. The molecule has 286 valence electrons. The second-order valence-electron chi connectivity index (χ2n) is 13.8. The van der Waals surface area contributed by atoms with Gasteiger partial charge in [-0.1, -0.05) is 107 Å². The molecule has 0 aliphatic rings. The number of carbonyl (C=O) groups is 3. The van der Waals surface area contributed by atoms with E-state index in [2.05, 4.69) is 74.6 Å². The highest BCUT2D eigenvalue weighted by molar-refractivity contribution is 5.72. The SMILES string of the molecule is CC/C=C/C/C=C/C/C=C/CCCCC(=O)OC(COCCC(C(=O)O)[N+](C)(C)C)COC(=O)CCCCCCCCC/C=C/C/C=C/CC. The molecule has 1 N–H and O–H groups in total. The molecule has 0 aromatic carbocycles. The van der Waals surface area contributed by atoms with E-state index >= 15 is 0 Å². The molecule has 0 aliphatic heterocycles. The Labute approximate surface area is 305 Å². The summed E-state index contributed by atoms with van der Waals surface area (Å²) in [5, 5.41) is 9.58. The van der Waals surface area contributed by atoms with Crippen molar-refractivity contribution in [3.05, 3.63) is 60.8 Å². The van der Waals surface area contributed by atoms with Gasteiger partial charge in [0.25, 0.3) is 0 Å². The molecule has 0 heterocycles. The molecule has 0 rings (SSSR count). The zero-order valence-electron chi connectivity index (χ0n) is 32.3. The number of hydrogen-bond donors (Lipinski definition) is 1. The quantitative estimate of drug-likeness (QED) is 0.0315. The Kier molecular flexibility index (Phi) is 31.2. The van der Waals surface area contributed by atoms with Gasteiger partial charge in [0.15, 0.2) is 12.1 Å². The van der Waals surface area contributed by atoms with Crippen molar-refractivity contribution in [3.8, 4) is 0 Å². The van der Waals surface area contributed by atoms with Crippen LogP contribution in [-0.4, -0.2) is 80.6 Å². The summed E-state index contributed by atoms with van der Waals surface area (Å²) in [6.07, 6.45) is 38.4. The highest BCUT2D eigenvalue weighted by Gasteiger charge is 2.31. The molecular weight excluding hydrogens is 630 g/mol. The van der Waals surface area contributed by atoms with Crippen LogP contribution in [0.25, 0.3) is 0 Å². The second-order valence-corrected chi connectivity index (χ2v) is 13.8. The fourth-order valence-corrected chi connectivity index (χ4v) is 5.20. The predicted molar refractivity (Wildman–Crippen MR) is 206 cm³/mol. The topological polar surface area (TPSA) is 99.1 Å². The first kappa shape index (κ1) is 47.0. The van der Waals surface area contributed by atoms with E-state index in [1.807, 2.05) is 21.1 Å². The average Bonchev–Trinajstić information content (AvgIpc) is 3.06. The third-order valence-electron chi connectivity index (χ3n) is 8.16. The largest absolute Gasteiger partial charge is 0.477 e. The number of carbonyl (C=O) groups excluding carboxylic acids is 2. The maximum absolute atomic E-state index is 12.6. The lowest BCUT2D eigenvalue weighted by molar-refractivity contribution is -0.887. The van der Waals surface area contributed by atoms with Crippen molar-refractivity contribution in [1.82, 2.24) is 0 Å². The van der Waals surface area contributed by atoms with E-state index in [1.54, 1.807) is 0 Å². The Hall–Kier alpha value is -2.97. The van der Waals surface area contributed by atoms with Crippen LogP contribution in [0.2, 0.25) is 0 Å². The van der Waals surface area contributed by atoms with Gasteiger partial charge in [0.1, 0.15) is 6.61 Å². The van der Waals surface area contributed by atoms with Gasteiger partial charge < -0.3 is 23.8 Å². The number of carboxylic acids is 1. The Morgan fingerprint density at radius 1 is 0.600 bits per heavy atom. The predicted octanol–water partition coefficient (Wildman–Crippen LogP) is 9.85. The third-order valence-corrected chi connectivity index (χ3v) is 8.16. The monoisotopic (exact) mass is 703 g/mol. The summed E-state index contributed by atoms with van der Waals surface area (Å²) < 4.78 is 17.1. The normalized spacial score (nSPS) is 13.7. The zero-order chi connectivity index (χ0) is 37.1. The van der Waals surface area contributed by atoms with E-state index in [9.17, 15) is 19.5 Å². The summed E-state index contributed by atoms with van der Waals surface area (Å²) in [5.74, 6) is -1.54. The van der Waals surface area contributed by atoms with Crippen LogP contribution in [0.15, 0.2) is 60.8 Å². The first-order valence-corrected chi connectivity index (χ1v) is 19.3. The number of esters is 2. The molecule has 0 radical (unpaired) electrons. The summed E-state index contributed by atoms with van der Waals surface area (Å²) >= 11 is 0. The van der Waals surface area contributed by atoms with E-state index in [1.165, 1.54) is 25.7 Å². The average molecular weight is 703 g/mol. The van der Waals surface area contributed by atoms with Gasteiger partial charge in [-0.15, -0.1) is 0 Å². The lowest BCUT2D eigenvalue weighted by atomic mass is 10.1. The van der Waals surface area contributed by atoms with Crippen molar-refractivity contribution < 1.29 is 38.2 Å². The van der Waals surface area contributed by atoms with Crippen LogP contribution in [-0.2, 0) is 28.6 Å². The van der Waals surface area contributed by atoms with Crippen molar-refractivity contribution in [2.24, 2.45) is 0 Å². The molecule has 0 bridgehead atoms.